The Kier molecular flexibility index (Phi) is 10.4. The normalized spacial score (nSPS) is 14.1. The van der Waals surface area contributed by atoms with Gasteiger partial charge in [-0.15, -0.1) is 0 Å². The monoisotopic (exact) mass is 569 g/mol. The average molecular weight is 570 g/mol. The molecule has 1 unspecified atom stereocenters. The smallest absolute Gasteiger partial charge is 0.256 e. The molecule has 8 heteroatoms. The summed E-state index contributed by atoms with van der Waals surface area (Å²) in [5, 5.41) is 9.07. The number of likely N-dealkylation sites (N-methyl/N-ethyl adjacent to an activating group) is 1. The van der Waals surface area contributed by atoms with E-state index in [0.717, 1.165) is 54.1 Å². The second-order valence-corrected chi connectivity index (χ2v) is 10.8. The highest BCUT2D eigenvalue weighted by atomic mass is 16.2. The lowest BCUT2D eigenvalue weighted by molar-refractivity contribution is -0.121. The summed E-state index contributed by atoms with van der Waals surface area (Å²) in [6.45, 7) is 13.7. The van der Waals surface area contributed by atoms with Crippen LogP contribution in [0.25, 0.3) is 11.6 Å². The number of amides is 3. The van der Waals surface area contributed by atoms with Crippen LogP contribution in [0.4, 0.5) is 5.69 Å². The van der Waals surface area contributed by atoms with Crippen LogP contribution in [-0.4, -0.2) is 53.8 Å². The molecule has 0 saturated carbocycles. The first-order valence-corrected chi connectivity index (χ1v) is 15.0. The molecule has 2 heterocycles. The number of hydrogen-bond acceptors (Lipinski definition) is 4. The van der Waals surface area contributed by atoms with Crippen molar-refractivity contribution in [3.05, 3.63) is 87.7 Å². The molecule has 0 radical (unpaired) electrons. The molecule has 1 atom stereocenters. The average Bonchev–Trinajstić information content (AvgIpc) is 3.46. The SMILES string of the molecule is CCC(NC(=O)c1ccc2c(c1)C(=Cc1[nH]c(C)c(CCC(=O)NCCN(CC)CC)c1C)C(=O)N2)c1ccccc1. The maximum Gasteiger partial charge on any atom is 0.256 e. The number of fused-ring (bicyclic) bond motifs is 1. The lowest BCUT2D eigenvalue weighted by Crippen LogP contribution is -2.34. The topological polar surface area (TPSA) is 106 Å². The van der Waals surface area contributed by atoms with Gasteiger partial charge in [0.05, 0.1) is 11.6 Å². The fraction of sp³-hybridized carbons (Fsp3) is 0.382. The molecule has 1 aliphatic rings. The van der Waals surface area contributed by atoms with Crippen molar-refractivity contribution in [2.45, 2.75) is 59.9 Å². The molecular formula is C34H43N5O3. The van der Waals surface area contributed by atoms with Crippen molar-refractivity contribution in [2.75, 3.05) is 31.5 Å². The summed E-state index contributed by atoms with van der Waals surface area (Å²) in [6.07, 6.45) is 3.62. The number of rotatable bonds is 13. The zero-order valence-corrected chi connectivity index (χ0v) is 25.4. The van der Waals surface area contributed by atoms with Crippen LogP contribution in [0.3, 0.4) is 0 Å². The molecule has 42 heavy (non-hydrogen) atoms. The van der Waals surface area contributed by atoms with Gasteiger partial charge < -0.3 is 25.8 Å². The van der Waals surface area contributed by atoms with Gasteiger partial charge in [-0.3, -0.25) is 14.4 Å². The van der Waals surface area contributed by atoms with Gasteiger partial charge in [0.2, 0.25) is 5.91 Å². The predicted molar refractivity (Wildman–Crippen MR) is 169 cm³/mol. The Hall–Kier alpha value is -4.17. The first kappa shape index (κ1) is 30.8. The number of aromatic amines is 1. The van der Waals surface area contributed by atoms with Crippen molar-refractivity contribution in [1.82, 2.24) is 20.5 Å². The molecule has 0 fully saturated rings. The van der Waals surface area contributed by atoms with E-state index >= 15 is 0 Å². The summed E-state index contributed by atoms with van der Waals surface area (Å²) >= 11 is 0. The highest BCUT2D eigenvalue weighted by molar-refractivity contribution is 6.35. The van der Waals surface area contributed by atoms with Crippen molar-refractivity contribution in [1.29, 1.82) is 0 Å². The molecule has 2 aromatic carbocycles. The van der Waals surface area contributed by atoms with Crippen LogP contribution in [0.1, 0.15) is 83.7 Å². The van der Waals surface area contributed by atoms with E-state index in [2.05, 4.69) is 39.7 Å². The van der Waals surface area contributed by atoms with E-state index in [-0.39, 0.29) is 23.8 Å². The molecule has 0 spiro atoms. The number of aromatic nitrogens is 1. The zero-order valence-electron chi connectivity index (χ0n) is 25.4. The number of aryl methyl sites for hydroxylation is 1. The van der Waals surface area contributed by atoms with E-state index in [0.29, 0.717) is 41.8 Å². The van der Waals surface area contributed by atoms with Gasteiger partial charge in [0.25, 0.3) is 11.8 Å². The van der Waals surface area contributed by atoms with Crippen molar-refractivity contribution >= 4 is 35.1 Å². The highest BCUT2D eigenvalue weighted by Gasteiger charge is 2.26. The molecule has 4 N–H and O–H groups in total. The first-order valence-electron chi connectivity index (χ1n) is 15.0. The van der Waals surface area contributed by atoms with Crippen molar-refractivity contribution < 1.29 is 14.4 Å². The van der Waals surface area contributed by atoms with Crippen LogP contribution in [0, 0.1) is 13.8 Å². The van der Waals surface area contributed by atoms with E-state index < -0.39 is 0 Å². The Morgan fingerprint density at radius 1 is 1.02 bits per heavy atom. The molecule has 222 valence electrons. The Morgan fingerprint density at radius 2 is 1.76 bits per heavy atom. The first-order chi connectivity index (χ1) is 20.2. The van der Waals surface area contributed by atoms with Gasteiger partial charge >= 0.3 is 0 Å². The molecule has 1 aromatic heterocycles. The lowest BCUT2D eigenvalue weighted by Gasteiger charge is -2.17. The number of nitrogens with one attached hydrogen (secondary N) is 4. The van der Waals surface area contributed by atoms with Gasteiger partial charge in [0.1, 0.15) is 0 Å². The van der Waals surface area contributed by atoms with Crippen molar-refractivity contribution in [3.8, 4) is 0 Å². The molecular weight excluding hydrogens is 526 g/mol. The van der Waals surface area contributed by atoms with Gasteiger partial charge in [-0.2, -0.15) is 0 Å². The number of hydrogen-bond donors (Lipinski definition) is 4. The lowest BCUT2D eigenvalue weighted by atomic mass is 10.00. The fourth-order valence-corrected chi connectivity index (χ4v) is 5.52. The minimum Gasteiger partial charge on any atom is -0.359 e. The number of carbonyl (C=O) groups is 3. The number of H-pyrrole nitrogens is 1. The number of nitrogens with zero attached hydrogens (tertiary/aromatic N) is 1. The third-order valence-corrected chi connectivity index (χ3v) is 8.15. The van der Waals surface area contributed by atoms with Crippen molar-refractivity contribution in [2.24, 2.45) is 0 Å². The minimum atomic E-state index is -0.209. The quantitative estimate of drug-likeness (QED) is 0.207. The van der Waals surface area contributed by atoms with Gasteiger partial charge in [0, 0.05) is 47.7 Å². The predicted octanol–water partition coefficient (Wildman–Crippen LogP) is 5.40. The van der Waals surface area contributed by atoms with Crippen molar-refractivity contribution in [3.63, 3.8) is 0 Å². The Labute approximate surface area is 249 Å². The van der Waals surface area contributed by atoms with E-state index in [1.54, 1.807) is 18.2 Å². The second kappa shape index (κ2) is 14.1. The number of anilines is 1. The molecule has 1 aliphatic heterocycles. The van der Waals surface area contributed by atoms with E-state index in [4.69, 9.17) is 0 Å². The molecule has 0 saturated heterocycles. The summed E-state index contributed by atoms with van der Waals surface area (Å²) < 4.78 is 0. The Balaban J connectivity index is 1.48. The standard InChI is InChI=1S/C34H43N5O3/c1-6-29(24-12-10-9-11-13-24)37-33(41)25-14-16-30-27(20-25)28(34(42)38-30)21-31-22(4)26(23(5)36-31)15-17-32(40)35-18-19-39(7-2)8-3/h9-14,16,20-21,29,36H,6-8,15,17-19H2,1-5H3,(H,35,40)(H,37,41)(H,38,42). The minimum absolute atomic E-state index is 0.0366. The molecule has 0 bridgehead atoms. The third kappa shape index (κ3) is 7.18. The maximum absolute atomic E-state index is 13.2. The van der Waals surface area contributed by atoms with Crippen LogP contribution in [-0.2, 0) is 16.0 Å². The van der Waals surface area contributed by atoms with Gasteiger partial charge in [0.15, 0.2) is 0 Å². The highest BCUT2D eigenvalue weighted by Crippen LogP contribution is 2.35. The maximum atomic E-state index is 13.2. The molecule has 8 nitrogen and oxygen atoms in total. The Bertz CT molecular complexity index is 1450. The summed E-state index contributed by atoms with van der Waals surface area (Å²) in [7, 11) is 0. The zero-order chi connectivity index (χ0) is 30.2. The van der Waals surface area contributed by atoms with Crippen LogP contribution in [0.15, 0.2) is 48.5 Å². The summed E-state index contributed by atoms with van der Waals surface area (Å²) in [4.78, 5) is 44.4. The van der Waals surface area contributed by atoms with E-state index in [1.165, 1.54) is 0 Å². The molecule has 0 aliphatic carbocycles. The molecule has 3 amide bonds. The summed E-state index contributed by atoms with van der Waals surface area (Å²) in [6, 6.07) is 15.1. The van der Waals surface area contributed by atoms with Gasteiger partial charge in [-0.05, 0) is 80.7 Å². The molecule has 4 rings (SSSR count). The van der Waals surface area contributed by atoms with Crippen LogP contribution in [0.5, 0.6) is 0 Å². The van der Waals surface area contributed by atoms with Crippen LogP contribution >= 0.6 is 0 Å². The number of carbonyl (C=O) groups excluding carboxylic acids is 3. The van der Waals surface area contributed by atoms with E-state index in [1.807, 2.05) is 57.2 Å². The summed E-state index contributed by atoms with van der Waals surface area (Å²) in [5.74, 6) is -0.356. The Morgan fingerprint density at radius 3 is 2.45 bits per heavy atom. The van der Waals surface area contributed by atoms with Gasteiger partial charge in [-0.1, -0.05) is 51.1 Å². The van der Waals surface area contributed by atoms with Crippen LogP contribution in [0.2, 0.25) is 0 Å². The largest absolute Gasteiger partial charge is 0.359 e. The number of benzene rings is 2. The third-order valence-electron chi connectivity index (χ3n) is 8.15. The fourth-order valence-electron chi connectivity index (χ4n) is 5.52. The molecule has 3 aromatic rings. The second-order valence-electron chi connectivity index (χ2n) is 10.8. The summed E-state index contributed by atoms with van der Waals surface area (Å²) in [5.41, 5.74) is 7.33. The van der Waals surface area contributed by atoms with E-state index in [9.17, 15) is 14.4 Å². The van der Waals surface area contributed by atoms with Crippen LogP contribution < -0.4 is 16.0 Å². The van der Waals surface area contributed by atoms with Gasteiger partial charge in [-0.25, -0.2) is 0 Å².